The van der Waals surface area contributed by atoms with Crippen molar-refractivity contribution in [3.8, 4) is 0 Å². The summed E-state index contributed by atoms with van der Waals surface area (Å²) < 4.78 is 5.20. The van der Waals surface area contributed by atoms with Crippen LogP contribution in [-0.4, -0.2) is 25.8 Å². The molecule has 0 aromatic heterocycles. The van der Waals surface area contributed by atoms with Gasteiger partial charge in [-0.3, -0.25) is 0 Å². The van der Waals surface area contributed by atoms with Crippen LogP contribution in [0.2, 0.25) is 0 Å². The lowest BCUT2D eigenvalue weighted by Gasteiger charge is -2.05. The van der Waals surface area contributed by atoms with Crippen LogP contribution in [0.1, 0.15) is 13.3 Å². The minimum absolute atomic E-state index is 0. The maximum absolute atomic E-state index is 5.20. The lowest BCUT2D eigenvalue weighted by atomic mass is 10.2. The predicted molar refractivity (Wildman–Crippen MR) is 40.1 cm³/mol. The van der Waals surface area contributed by atoms with Gasteiger partial charge < -0.3 is 10.1 Å². The monoisotopic (exact) mass is 151 g/mol. The molecular formula is C6H14ClNO. The number of nitrogens with one attached hydrogen (secondary N) is 1. The molecule has 2 nitrogen and oxygen atoms in total. The first-order valence-corrected chi connectivity index (χ1v) is 3.21. The molecule has 1 rings (SSSR count). The van der Waals surface area contributed by atoms with E-state index < -0.39 is 0 Å². The van der Waals surface area contributed by atoms with Crippen LogP contribution in [0.3, 0.4) is 0 Å². The van der Waals surface area contributed by atoms with Crippen molar-refractivity contribution in [1.29, 1.82) is 0 Å². The Hall–Kier alpha value is 0.210. The summed E-state index contributed by atoms with van der Waals surface area (Å²) in [5.74, 6) is 0. The summed E-state index contributed by atoms with van der Waals surface area (Å²) in [6.07, 6.45) is 1.15. The molecule has 1 heterocycles. The molecule has 0 bridgehead atoms. The second-order valence-corrected chi connectivity index (χ2v) is 2.26. The fourth-order valence-electron chi connectivity index (χ4n) is 0.842. The van der Waals surface area contributed by atoms with Crippen LogP contribution in [0.4, 0.5) is 0 Å². The van der Waals surface area contributed by atoms with E-state index in [9.17, 15) is 0 Å². The lowest BCUT2D eigenvalue weighted by Crippen LogP contribution is -2.25. The number of halogens is 1. The molecule has 1 aliphatic rings. The Kier molecular flexibility index (Phi) is 5.15. The van der Waals surface area contributed by atoms with E-state index in [0.717, 1.165) is 26.2 Å². The van der Waals surface area contributed by atoms with Crippen LogP contribution in [0.5, 0.6) is 0 Å². The molecule has 0 aromatic rings. The van der Waals surface area contributed by atoms with Crippen molar-refractivity contribution in [3.63, 3.8) is 0 Å². The fraction of sp³-hybridized carbons (Fsp3) is 1.00. The summed E-state index contributed by atoms with van der Waals surface area (Å²) >= 11 is 0. The highest BCUT2D eigenvalue weighted by molar-refractivity contribution is 5.85. The predicted octanol–water partition coefficient (Wildman–Crippen LogP) is 0.807. The highest BCUT2D eigenvalue weighted by atomic mass is 35.5. The summed E-state index contributed by atoms with van der Waals surface area (Å²) in [7, 11) is 0. The second kappa shape index (κ2) is 5.03. The molecule has 0 aliphatic carbocycles. The minimum Gasteiger partial charge on any atom is -0.380 e. The van der Waals surface area contributed by atoms with Gasteiger partial charge in [0.15, 0.2) is 0 Å². The van der Waals surface area contributed by atoms with Crippen LogP contribution < -0.4 is 5.32 Å². The highest BCUT2D eigenvalue weighted by Crippen LogP contribution is 1.94. The van der Waals surface area contributed by atoms with Crippen molar-refractivity contribution in [2.45, 2.75) is 19.4 Å². The lowest BCUT2D eigenvalue weighted by molar-refractivity contribution is 0.150. The summed E-state index contributed by atoms with van der Waals surface area (Å²) in [5, 5.41) is 3.32. The van der Waals surface area contributed by atoms with E-state index in [-0.39, 0.29) is 12.4 Å². The fourth-order valence-corrected chi connectivity index (χ4v) is 0.842. The van der Waals surface area contributed by atoms with E-state index in [1.165, 1.54) is 0 Å². The minimum atomic E-state index is 0. The Bertz CT molecular complexity index is 62.1. The van der Waals surface area contributed by atoms with Gasteiger partial charge >= 0.3 is 0 Å². The zero-order valence-corrected chi connectivity index (χ0v) is 6.54. The first kappa shape index (κ1) is 9.21. The summed E-state index contributed by atoms with van der Waals surface area (Å²) in [6, 6.07) is 0.650. The zero-order chi connectivity index (χ0) is 5.82. The van der Waals surface area contributed by atoms with Crippen LogP contribution in [-0.2, 0) is 4.74 Å². The number of hydrogen-bond donors (Lipinski definition) is 1. The molecule has 1 saturated heterocycles. The van der Waals surface area contributed by atoms with E-state index in [1.54, 1.807) is 0 Å². The van der Waals surface area contributed by atoms with Gasteiger partial charge in [0.1, 0.15) is 0 Å². The van der Waals surface area contributed by atoms with Gasteiger partial charge in [-0.05, 0) is 13.3 Å². The van der Waals surface area contributed by atoms with E-state index in [2.05, 4.69) is 12.2 Å². The van der Waals surface area contributed by atoms with E-state index in [4.69, 9.17) is 4.74 Å². The molecular weight excluding hydrogens is 138 g/mol. The van der Waals surface area contributed by atoms with Gasteiger partial charge in [0, 0.05) is 19.2 Å². The molecule has 0 aromatic carbocycles. The molecule has 1 aliphatic heterocycles. The quantitative estimate of drug-likeness (QED) is 0.553. The molecule has 0 radical (unpaired) electrons. The highest BCUT2D eigenvalue weighted by Gasteiger charge is 2.03. The molecule has 9 heavy (non-hydrogen) atoms. The van der Waals surface area contributed by atoms with Crippen molar-refractivity contribution in [3.05, 3.63) is 0 Å². The van der Waals surface area contributed by atoms with Gasteiger partial charge in [0.2, 0.25) is 0 Å². The summed E-state index contributed by atoms with van der Waals surface area (Å²) in [5.41, 5.74) is 0. The average Bonchev–Trinajstić information content (AvgIpc) is 1.94. The molecule has 1 atom stereocenters. The molecule has 0 spiro atoms. The molecule has 1 unspecified atom stereocenters. The Balaban J connectivity index is 0.000000640. The Labute approximate surface area is 62.4 Å². The van der Waals surface area contributed by atoms with Crippen LogP contribution in [0, 0.1) is 0 Å². The van der Waals surface area contributed by atoms with Crippen LogP contribution in [0.15, 0.2) is 0 Å². The van der Waals surface area contributed by atoms with Gasteiger partial charge in [-0.25, -0.2) is 0 Å². The van der Waals surface area contributed by atoms with Gasteiger partial charge in [0.25, 0.3) is 0 Å². The van der Waals surface area contributed by atoms with Crippen molar-refractivity contribution >= 4 is 12.4 Å². The first-order chi connectivity index (χ1) is 3.89. The van der Waals surface area contributed by atoms with E-state index in [1.807, 2.05) is 0 Å². The number of hydrogen-bond acceptors (Lipinski definition) is 2. The van der Waals surface area contributed by atoms with Crippen molar-refractivity contribution < 1.29 is 4.74 Å². The first-order valence-electron chi connectivity index (χ1n) is 3.21. The maximum Gasteiger partial charge on any atom is 0.0591 e. The third kappa shape index (κ3) is 3.73. The molecule has 1 fully saturated rings. The average molecular weight is 152 g/mol. The smallest absolute Gasteiger partial charge is 0.0591 e. The van der Waals surface area contributed by atoms with Crippen molar-refractivity contribution in [1.82, 2.24) is 5.32 Å². The van der Waals surface area contributed by atoms with Crippen molar-refractivity contribution in [2.75, 3.05) is 19.8 Å². The molecule has 0 saturated carbocycles. The van der Waals surface area contributed by atoms with Crippen molar-refractivity contribution in [2.24, 2.45) is 0 Å². The summed E-state index contributed by atoms with van der Waals surface area (Å²) in [4.78, 5) is 0. The molecule has 1 N–H and O–H groups in total. The van der Waals surface area contributed by atoms with Crippen LogP contribution in [0.25, 0.3) is 0 Å². The number of ether oxygens (including phenoxy) is 1. The Morgan fingerprint density at radius 2 is 2.22 bits per heavy atom. The van der Waals surface area contributed by atoms with Gasteiger partial charge in [0.05, 0.1) is 6.61 Å². The topological polar surface area (TPSA) is 21.3 Å². The zero-order valence-electron chi connectivity index (χ0n) is 5.72. The molecule has 3 heteroatoms. The van der Waals surface area contributed by atoms with Gasteiger partial charge in [-0.2, -0.15) is 0 Å². The summed E-state index contributed by atoms with van der Waals surface area (Å²) in [6.45, 7) is 5.01. The third-order valence-corrected chi connectivity index (χ3v) is 1.43. The molecule has 0 amide bonds. The van der Waals surface area contributed by atoms with E-state index >= 15 is 0 Å². The van der Waals surface area contributed by atoms with E-state index in [0.29, 0.717) is 6.04 Å². The Morgan fingerprint density at radius 1 is 1.44 bits per heavy atom. The Morgan fingerprint density at radius 3 is 3.00 bits per heavy atom. The van der Waals surface area contributed by atoms with Crippen LogP contribution >= 0.6 is 12.4 Å². The van der Waals surface area contributed by atoms with Gasteiger partial charge in [-0.15, -0.1) is 12.4 Å². The maximum atomic E-state index is 5.20. The standard InChI is InChI=1S/C6H13NO.ClH/c1-6-2-4-8-5-3-7-6;/h6-7H,2-5H2,1H3;1H. The number of rotatable bonds is 0. The normalized spacial score (nSPS) is 28.3. The SMILES string of the molecule is CC1CCOCCN1.Cl. The van der Waals surface area contributed by atoms with Gasteiger partial charge in [-0.1, -0.05) is 0 Å². The second-order valence-electron chi connectivity index (χ2n) is 2.26. The largest absolute Gasteiger partial charge is 0.380 e. The third-order valence-electron chi connectivity index (χ3n) is 1.43. The molecule has 56 valence electrons.